The summed E-state index contributed by atoms with van der Waals surface area (Å²) in [5, 5.41) is 5.43. The van der Waals surface area contributed by atoms with Gasteiger partial charge < -0.3 is 20.1 Å². The number of nitrogens with one attached hydrogen (secondary N) is 2. The van der Waals surface area contributed by atoms with Crippen molar-refractivity contribution in [2.75, 3.05) is 43.4 Å². The predicted octanol–water partition coefficient (Wildman–Crippen LogP) is 1.77. The maximum absolute atomic E-state index is 14.5. The first-order chi connectivity index (χ1) is 15.4. The fraction of sp³-hybridized carbons (Fsp3) is 0.364. The monoisotopic (exact) mass is 437 g/mol. The quantitative estimate of drug-likeness (QED) is 0.604. The van der Waals surface area contributed by atoms with Gasteiger partial charge in [0.2, 0.25) is 11.9 Å². The van der Waals surface area contributed by atoms with Gasteiger partial charge in [-0.15, -0.1) is 0 Å². The Morgan fingerprint density at radius 1 is 1.25 bits per heavy atom. The number of halogens is 1. The Morgan fingerprint density at radius 3 is 2.75 bits per heavy atom. The highest BCUT2D eigenvalue weighted by molar-refractivity contribution is 6.05. The fourth-order valence-corrected chi connectivity index (χ4v) is 4.40. The lowest BCUT2D eigenvalue weighted by Gasteiger charge is -2.36. The number of hydrogen-bond acceptors (Lipinski definition) is 6. The summed E-state index contributed by atoms with van der Waals surface area (Å²) in [6.07, 6.45) is 1.72. The van der Waals surface area contributed by atoms with Gasteiger partial charge in [-0.1, -0.05) is 0 Å². The predicted molar refractivity (Wildman–Crippen MR) is 118 cm³/mol. The summed E-state index contributed by atoms with van der Waals surface area (Å²) >= 11 is 0. The number of pyridine rings is 1. The molecule has 0 bridgehead atoms. The lowest BCUT2D eigenvalue weighted by molar-refractivity contribution is -0.118. The number of nitrogens with zero attached hydrogens (tertiary/aromatic N) is 5. The smallest absolute Gasteiger partial charge is 0.269 e. The molecule has 166 valence electrons. The molecule has 0 radical (unpaired) electrons. The van der Waals surface area contributed by atoms with E-state index in [4.69, 9.17) is 0 Å². The zero-order chi connectivity index (χ0) is 22.4. The van der Waals surface area contributed by atoms with Crippen LogP contribution in [0.5, 0.6) is 0 Å². The molecule has 2 N–H and O–H groups in total. The molecule has 2 amide bonds. The van der Waals surface area contributed by atoms with E-state index in [1.54, 1.807) is 18.5 Å². The first kappa shape index (κ1) is 20.4. The molecule has 9 nitrogen and oxygen atoms in total. The summed E-state index contributed by atoms with van der Waals surface area (Å²) in [6.45, 7) is 5.37. The molecule has 1 saturated heterocycles. The molecule has 1 aromatic carbocycles. The first-order valence-corrected chi connectivity index (χ1v) is 10.6. The zero-order valence-corrected chi connectivity index (χ0v) is 17.9. The summed E-state index contributed by atoms with van der Waals surface area (Å²) < 4.78 is 16.4. The van der Waals surface area contributed by atoms with Crippen LogP contribution in [0.3, 0.4) is 0 Å². The minimum Gasteiger partial charge on any atom is -0.365 e. The Bertz CT molecular complexity index is 1220. The molecule has 2 aromatic heterocycles. The van der Waals surface area contributed by atoms with Crippen molar-refractivity contribution >= 4 is 34.2 Å². The van der Waals surface area contributed by atoms with E-state index in [2.05, 4.69) is 31.6 Å². The largest absolute Gasteiger partial charge is 0.365 e. The molecule has 2 aliphatic rings. The van der Waals surface area contributed by atoms with Crippen LogP contribution in [0.15, 0.2) is 30.6 Å². The summed E-state index contributed by atoms with van der Waals surface area (Å²) in [5.74, 6) is -1.09. The van der Waals surface area contributed by atoms with Crippen molar-refractivity contribution in [2.45, 2.75) is 19.5 Å². The van der Waals surface area contributed by atoms with Gasteiger partial charge in [-0.3, -0.25) is 14.5 Å². The lowest BCUT2D eigenvalue weighted by Crippen LogP contribution is -2.46. The van der Waals surface area contributed by atoms with Crippen LogP contribution in [-0.2, 0) is 11.3 Å². The Morgan fingerprint density at radius 2 is 2.03 bits per heavy atom. The van der Waals surface area contributed by atoms with Gasteiger partial charge in [0.05, 0.1) is 28.7 Å². The maximum atomic E-state index is 14.5. The van der Waals surface area contributed by atoms with Gasteiger partial charge >= 0.3 is 0 Å². The fourth-order valence-electron chi connectivity index (χ4n) is 4.40. The molecule has 0 saturated carbocycles. The molecule has 1 fully saturated rings. The van der Waals surface area contributed by atoms with Crippen LogP contribution in [0, 0.1) is 5.95 Å². The number of piperazine rings is 1. The summed E-state index contributed by atoms with van der Waals surface area (Å²) in [7, 11) is 1.49. The summed E-state index contributed by atoms with van der Waals surface area (Å²) in [4.78, 5) is 36.4. The molecule has 1 atom stereocenters. The van der Waals surface area contributed by atoms with E-state index in [1.165, 1.54) is 7.05 Å². The van der Waals surface area contributed by atoms with Crippen LogP contribution < -0.4 is 15.5 Å². The molecule has 2 aliphatic heterocycles. The van der Waals surface area contributed by atoms with Gasteiger partial charge in [-0.25, -0.2) is 9.97 Å². The SMILES string of the molecule is CNC(=O)c1ccc(N2CCN(Cc3cc4c5c(c3)ncn5[C@@H](C)C(=O)N4)CC2)c(F)n1. The van der Waals surface area contributed by atoms with Crippen LogP contribution in [0.4, 0.5) is 15.8 Å². The second-order valence-corrected chi connectivity index (χ2v) is 8.18. The molecule has 3 aromatic rings. The van der Waals surface area contributed by atoms with E-state index in [0.29, 0.717) is 25.3 Å². The second-order valence-electron chi connectivity index (χ2n) is 8.18. The van der Waals surface area contributed by atoms with Crippen molar-refractivity contribution < 1.29 is 14.0 Å². The van der Waals surface area contributed by atoms with Gasteiger partial charge in [0.1, 0.15) is 11.7 Å². The van der Waals surface area contributed by atoms with Gasteiger partial charge in [-0.2, -0.15) is 4.39 Å². The second kappa shape index (κ2) is 7.86. The molecule has 0 aliphatic carbocycles. The molecule has 10 heteroatoms. The van der Waals surface area contributed by atoms with Crippen molar-refractivity contribution in [1.82, 2.24) is 24.8 Å². The molecule has 4 heterocycles. The van der Waals surface area contributed by atoms with Crippen LogP contribution in [-0.4, -0.2) is 64.5 Å². The van der Waals surface area contributed by atoms with Crippen molar-refractivity contribution in [3.05, 3.63) is 47.8 Å². The maximum Gasteiger partial charge on any atom is 0.269 e. The number of aromatic nitrogens is 3. The minimum absolute atomic E-state index is 0.0411. The molecular weight excluding hydrogens is 413 g/mol. The van der Waals surface area contributed by atoms with E-state index in [1.807, 2.05) is 22.5 Å². The van der Waals surface area contributed by atoms with Gasteiger partial charge in [0.15, 0.2) is 0 Å². The zero-order valence-electron chi connectivity index (χ0n) is 17.9. The lowest BCUT2D eigenvalue weighted by atomic mass is 10.1. The van der Waals surface area contributed by atoms with Crippen LogP contribution in [0.2, 0.25) is 0 Å². The normalized spacial score (nSPS) is 18.7. The molecule has 32 heavy (non-hydrogen) atoms. The van der Waals surface area contributed by atoms with Gasteiger partial charge in [0.25, 0.3) is 5.91 Å². The number of carbonyl (C=O) groups excluding carboxylic acids is 2. The van der Waals surface area contributed by atoms with E-state index >= 15 is 0 Å². The summed E-state index contributed by atoms with van der Waals surface area (Å²) in [6, 6.07) is 6.96. The van der Waals surface area contributed by atoms with E-state index in [9.17, 15) is 14.0 Å². The third-order valence-electron chi connectivity index (χ3n) is 6.19. The van der Waals surface area contributed by atoms with Crippen molar-refractivity contribution in [1.29, 1.82) is 0 Å². The number of carbonyl (C=O) groups is 2. The van der Waals surface area contributed by atoms with E-state index in [-0.39, 0.29) is 17.6 Å². The average Bonchev–Trinajstić information content (AvgIpc) is 3.22. The molecule has 0 unspecified atom stereocenters. The Labute approximate surface area is 184 Å². The topological polar surface area (TPSA) is 95.4 Å². The number of anilines is 2. The summed E-state index contributed by atoms with van der Waals surface area (Å²) in [5.41, 5.74) is 4.16. The third-order valence-corrected chi connectivity index (χ3v) is 6.19. The van der Waals surface area contributed by atoms with E-state index < -0.39 is 11.9 Å². The number of imidazole rings is 1. The van der Waals surface area contributed by atoms with Gasteiger partial charge in [0, 0.05) is 39.8 Å². The average molecular weight is 437 g/mol. The van der Waals surface area contributed by atoms with Crippen LogP contribution >= 0.6 is 0 Å². The Hall–Kier alpha value is -3.53. The van der Waals surface area contributed by atoms with Crippen LogP contribution in [0.1, 0.15) is 29.0 Å². The minimum atomic E-state index is -0.635. The highest BCUT2D eigenvalue weighted by Gasteiger charge is 2.26. The Kier molecular flexibility index (Phi) is 5.01. The van der Waals surface area contributed by atoms with Crippen molar-refractivity contribution in [3.63, 3.8) is 0 Å². The van der Waals surface area contributed by atoms with Crippen molar-refractivity contribution in [3.8, 4) is 0 Å². The van der Waals surface area contributed by atoms with Gasteiger partial charge in [-0.05, 0) is 36.8 Å². The van der Waals surface area contributed by atoms with Crippen molar-refractivity contribution in [2.24, 2.45) is 0 Å². The molecular formula is C22H24FN7O2. The van der Waals surface area contributed by atoms with Crippen LogP contribution in [0.25, 0.3) is 11.0 Å². The molecule has 5 rings (SSSR count). The number of benzene rings is 1. The highest BCUT2D eigenvalue weighted by atomic mass is 19.1. The number of rotatable bonds is 4. The third kappa shape index (κ3) is 3.46. The highest BCUT2D eigenvalue weighted by Crippen LogP contribution is 2.32. The van der Waals surface area contributed by atoms with E-state index in [0.717, 1.165) is 35.4 Å². The Balaban J connectivity index is 1.27. The first-order valence-electron chi connectivity index (χ1n) is 10.6. The number of hydrogen-bond donors (Lipinski definition) is 2. The number of amides is 2. The molecule has 0 spiro atoms. The standard InChI is InChI=1S/C22H24FN7O2/c1-13-21(31)27-17-10-14(9-16-19(17)30(13)12-25-16)11-28-5-7-29(8-6-28)18-4-3-15(22(32)24-2)26-20(18)23/h3-4,9-10,12-13H,5-8,11H2,1-2H3,(H,24,32)(H,27,31)/t13-/m0/s1.